The number of benzene rings is 2. The molecule has 5 nitrogen and oxygen atoms in total. The lowest BCUT2D eigenvalue weighted by Crippen LogP contribution is -2.34. The van der Waals surface area contributed by atoms with E-state index in [1.54, 1.807) is 25.1 Å². The molecule has 2 N–H and O–H groups in total. The minimum atomic E-state index is -2.50. The van der Waals surface area contributed by atoms with Crippen molar-refractivity contribution in [1.82, 2.24) is 0 Å². The number of carbonyl (C=O) groups excluding carboxylic acids is 2. The molecule has 0 bridgehead atoms. The SMILES string of the molecule is CC1Oc2ccc(NC(=O)c3ccc(SC(F)F)cc3)cc2NC1=O. The van der Waals surface area contributed by atoms with Crippen LogP contribution in [0.25, 0.3) is 0 Å². The Morgan fingerprint density at radius 1 is 1.24 bits per heavy atom. The number of hydrogen-bond donors (Lipinski definition) is 2. The monoisotopic (exact) mass is 364 g/mol. The average Bonchev–Trinajstić information content (AvgIpc) is 2.56. The van der Waals surface area contributed by atoms with Gasteiger partial charge in [-0.15, -0.1) is 0 Å². The third-order valence-corrected chi connectivity index (χ3v) is 4.23. The summed E-state index contributed by atoms with van der Waals surface area (Å²) in [6, 6.07) is 10.8. The minimum Gasteiger partial charge on any atom is -0.479 e. The Balaban J connectivity index is 1.71. The highest BCUT2D eigenvalue weighted by molar-refractivity contribution is 7.99. The van der Waals surface area contributed by atoms with Gasteiger partial charge in [0.2, 0.25) is 0 Å². The summed E-state index contributed by atoms with van der Waals surface area (Å²) in [5.41, 5.74) is 1.29. The molecule has 0 fully saturated rings. The van der Waals surface area contributed by atoms with Crippen molar-refractivity contribution in [2.24, 2.45) is 0 Å². The molecule has 3 rings (SSSR count). The molecule has 1 atom stereocenters. The minimum absolute atomic E-state index is 0.261. The van der Waals surface area contributed by atoms with Crippen LogP contribution in [-0.4, -0.2) is 23.7 Å². The second kappa shape index (κ2) is 7.10. The summed E-state index contributed by atoms with van der Waals surface area (Å²) >= 11 is 0.419. The molecule has 1 heterocycles. The van der Waals surface area contributed by atoms with Crippen molar-refractivity contribution in [2.45, 2.75) is 23.7 Å². The van der Waals surface area contributed by atoms with E-state index in [0.29, 0.717) is 39.3 Å². The number of ether oxygens (including phenoxy) is 1. The molecule has 2 aromatic carbocycles. The van der Waals surface area contributed by atoms with Crippen LogP contribution in [0.3, 0.4) is 0 Å². The van der Waals surface area contributed by atoms with Crippen LogP contribution in [-0.2, 0) is 4.79 Å². The van der Waals surface area contributed by atoms with Gasteiger partial charge >= 0.3 is 0 Å². The van der Waals surface area contributed by atoms with Gasteiger partial charge in [0.1, 0.15) is 5.75 Å². The number of nitrogens with one attached hydrogen (secondary N) is 2. The van der Waals surface area contributed by atoms with Gasteiger partial charge in [0.15, 0.2) is 6.10 Å². The van der Waals surface area contributed by atoms with Crippen molar-refractivity contribution >= 4 is 35.0 Å². The molecule has 0 saturated carbocycles. The van der Waals surface area contributed by atoms with E-state index in [4.69, 9.17) is 4.74 Å². The first-order valence-corrected chi connectivity index (χ1v) is 8.28. The maximum Gasteiger partial charge on any atom is 0.288 e. The molecule has 8 heteroatoms. The van der Waals surface area contributed by atoms with Crippen LogP contribution in [0.5, 0.6) is 5.75 Å². The Labute approximate surface area is 146 Å². The van der Waals surface area contributed by atoms with Gasteiger partial charge in [-0.1, -0.05) is 11.8 Å². The smallest absolute Gasteiger partial charge is 0.288 e. The van der Waals surface area contributed by atoms with Gasteiger partial charge in [-0.2, -0.15) is 8.78 Å². The lowest BCUT2D eigenvalue weighted by Gasteiger charge is -2.23. The third kappa shape index (κ3) is 4.08. The van der Waals surface area contributed by atoms with Gasteiger partial charge < -0.3 is 15.4 Å². The number of alkyl halides is 2. The van der Waals surface area contributed by atoms with Crippen LogP contribution in [0.15, 0.2) is 47.4 Å². The summed E-state index contributed by atoms with van der Waals surface area (Å²) in [7, 11) is 0. The number of carbonyl (C=O) groups is 2. The van der Waals surface area contributed by atoms with Crippen LogP contribution >= 0.6 is 11.8 Å². The molecule has 1 unspecified atom stereocenters. The number of fused-ring (bicyclic) bond motifs is 1. The van der Waals surface area contributed by atoms with Gasteiger partial charge in [0, 0.05) is 16.1 Å². The summed E-state index contributed by atoms with van der Waals surface area (Å²) in [6.07, 6.45) is -0.572. The Morgan fingerprint density at radius 2 is 1.96 bits per heavy atom. The maximum absolute atomic E-state index is 12.3. The standard InChI is InChI=1S/C17H14F2N2O3S/c1-9-15(22)21-13-8-11(4-7-14(13)24-9)20-16(23)10-2-5-12(6-3-10)25-17(18)19/h2-9,17H,1H3,(H,20,23)(H,21,22). The summed E-state index contributed by atoms with van der Waals surface area (Å²) in [5, 5.41) is 5.39. The Morgan fingerprint density at radius 3 is 2.64 bits per heavy atom. The van der Waals surface area contributed by atoms with Gasteiger partial charge in [-0.3, -0.25) is 9.59 Å². The predicted molar refractivity (Wildman–Crippen MR) is 91.4 cm³/mol. The fourth-order valence-electron chi connectivity index (χ4n) is 2.28. The molecule has 0 spiro atoms. The van der Waals surface area contributed by atoms with Crippen molar-refractivity contribution in [3.05, 3.63) is 48.0 Å². The van der Waals surface area contributed by atoms with E-state index in [0.717, 1.165) is 0 Å². The first-order valence-electron chi connectivity index (χ1n) is 7.40. The van der Waals surface area contributed by atoms with Crippen LogP contribution < -0.4 is 15.4 Å². The highest BCUT2D eigenvalue weighted by atomic mass is 32.2. The topological polar surface area (TPSA) is 67.4 Å². The van der Waals surface area contributed by atoms with Gasteiger partial charge in [0.25, 0.3) is 17.6 Å². The van der Waals surface area contributed by atoms with Crippen LogP contribution in [0, 0.1) is 0 Å². The molecule has 25 heavy (non-hydrogen) atoms. The fraction of sp³-hybridized carbons (Fsp3) is 0.176. The van der Waals surface area contributed by atoms with E-state index in [1.165, 1.54) is 24.3 Å². The average molecular weight is 364 g/mol. The number of thioether (sulfide) groups is 1. The van der Waals surface area contributed by atoms with E-state index >= 15 is 0 Å². The Kier molecular flexibility index (Phi) is 4.89. The Bertz CT molecular complexity index is 812. The zero-order chi connectivity index (χ0) is 18.0. The second-order valence-electron chi connectivity index (χ2n) is 5.32. The van der Waals surface area contributed by atoms with Gasteiger partial charge in [-0.05, 0) is 49.4 Å². The predicted octanol–water partition coefficient (Wildman–Crippen LogP) is 3.97. The van der Waals surface area contributed by atoms with Crippen molar-refractivity contribution in [1.29, 1.82) is 0 Å². The molecule has 1 aliphatic rings. The quantitative estimate of drug-likeness (QED) is 0.806. The highest BCUT2D eigenvalue weighted by Crippen LogP contribution is 2.32. The molecular weight excluding hydrogens is 350 g/mol. The first-order chi connectivity index (χ1) is 11.9. The third-order valence-electron chi connectivity index (χ3n) is 3.51. The van der Waals surface area contributed by atoms with E-state index in [-0.39, 0.29) is 11.8 Å². The zero-order valence-corrected chi connectivity index (χ0v) is 13.9. The Hall–Kier alpha value is -2.61. The highest BCUT2D eigenvalue weighted by Gasteiger charge is 2.23. The lowest BCUT2D eigenvalue weighted by atomic mass is 10.2. The molecule has 0 radical (unpaired) electrons. The largest absolute Gasteiger partial charge is 0.479 e. The number of rotatable bonds is 4. The normalized spacial score (nSPS) is 16.0. The first kappa shape index (κ1) is 17.2. The van der Waals surface area contributed by atoms with Crippen molar-refractivity contribution in [3.63, 3.8) is 0 Å². The van der Waals surface area contributed by atoms with E-state index < -0.39 is 11.9 Å². The molecule has 2 aromatic rings. The molecule has 2 amide bonds. The lowest BCUT2D eigenvalue weighted by molar-refractivity contribution is -0.122. The zero-order valence-electron chi connectivity index (χ0n) is 13.1. The van der Waals surface area contributed by atoms with E-state index in [2.05, 4.69) is 10.6 Å². The summed E-state index contributed by atoms with van der Waals surface area (Å²) < 4.78 is 30.0. The maximum atomic E-state index is 12.3. The molecule has 1 aliphatic heterocycles. The van der Waals surface area contributed by atoms with Crippen LogP contribution in [0.2, 0.25) is 0 Å². The van der Waals surface area contributed by atoms with Crippen molar-refractivity contribution in [3.8, 4) is 5.75 Å². The fourth-order valence-corrected chi connectivity index (χ4v) is 2.78. The van der Waals surface area contributed by atoms with Crippen LogP contribution in [0.4, 0.5) is 20.2 Å². The molecular formula is C17H14F2N2O3S. The van der Waals surface area contributed by atoms with E-state index in [1.807, 2.05) is 0 Å². The van der Waals surface area contributed by atoms with Crippen molar-refractivity contribution < 1.29 is 23.1 Å². The summed E-state index contributed by atoms with van der Waals surface area (Å²) in [6.45, 7) is 1.64. The number of hydrogen-bond acceptors (Lipinski definition) is 4. The van der Waals surface area contributed by atoms with E-state index in [9.17, 15) is 18.4 Å². The summed E-state index contributed by atoms with van der Waals surface area (Å²) in [5.74, 6) is -2.62. The number of anilines is 2. The van der Waals surface area contributed by atoms with Crippen LogP contribution in [0.1, 0.15) is 17.3 Å². The molecule has 0 saturated heterocycles. The molecule has 130 valence electrons. The second-order valence-corrected chi connectivity index (χ2v) is 6.38. The molecule has 0 aromatic heterocycles. The van der Waals surface area contributed by atoms with Gasteiger partial charge in [0.05, 0.1) is 5.69 Å². The van der Waals surface area contributed by atoms with Gasteiger partial charge in [-0.25, -0.2) is 0 Å². The number of halogens is 2. The molecule has 0 aliphatic carbocycles. The van der Waals surface area contributed by atoms with Crippen molar-refractivity contribution in [2.75, 3.05) is 10.6 Å². The summed E-state index contributed by atoms with van der Waals surface area (Å²) in [4.78, 5) is 24.3. The number of amides is 2.